The molecular formula is C17H21N3O3. The van der Waals surface area contributed by atoms with Crippen molar-refractivity contribution >= 4 is 16.8 Å². The highest BCUT2D eigenvalue weighted by Crippen LogP contribution is 2.12. The lowest BCUT2D eigenvalue weighted by Gasteiger charge is -2.10. The third-order valence-electron chi connectivity index (χ3n) is 4.25. The number of benzene rings is 1. The summed E-state index contributed by atoms with van der Waals surface area (Å²) in [5.41, 5.74) is 1.60. The number of ether oxygens (including phenoxy) is 1. The number of fused-ring (bicyclic) bond motifs is 1. The lowest BCUT2D eigenvalue weighted by Crippen LogP contribution is -2.31. The van der Waals surface area contributed by atoms with Crippen LogP contribution in [-0.2, 0) is 16.1 Å². The van der Waals surface area contributed by atoms with Gasteiger partial charge in [-0.2, -0.15) is 0 Å². The number of nitrogens with zero attached hydrogens (tertiary/aromatic N) is 2. The molecule has 1 aliphatic heterocycles. The van der Waals surface area contributed by atoms with Gasteiger partial charge in [-0.25, -0.2) is 4.98 Å². The van der Waals surface area contributed by atoms with Gasteiger partial charge in [0, 0.05) is 32.0 Å². The molecule has 1 N–H and O–H groups in total. The molecule has 122 valence electrons. The van der Waals surface area contributed by atoms with Crippen LogP contribution >= 0.6 is 0 Å². The zero-order valence-corrected chi connectivity index (χ0v) is 13.2. The molecule has 0 radical (unpaired) electrons. The van der Waals surface area contributed by atoms with Gasteiger partial charge in [0.2, 0.25) is 5.91 Å². The molecule has 1 aromatic carbocycles. The summed E-state index contributed by atoms with van der Waals surface area (Å²) < 4.78 is 6.78. The maximum atomic E-state index is 12.4. The summed E-state index contributed by atoms with van der Waals surface area (Å²) in [7, 11) is 0. The summed E-state index contributed by atoms with van der Waals surface area (Å²) >= 11 is 0. The number of carbonyl (C=O) groups excluding carboxylic acids is 1. The summed E-state index contributed by atoms with van der Waals surface area (Å²) in [5, 5.41) is 3.50. The summed E-state index contributed by atoms with van der Waals surface area (Å²) in [4.78, 5) is 28.7. The van der Waals surface area contributed by atoms with E-state index in [2.05, 4.69) is 10.3 Å². The number of para-hydroxylation sites is 1. The van der Waals surface area contributed by atoms with E-state index in [9.17, 15) is 9.59 Å². The van der Waals surface area contributed by atoms with Crippen molar-refractivity contribution in [2.24, 2.45) is 5.92 Å². The van der Waals surface area contributed by atoms with Gasteiger partial charge in [-0.05, 0) is 25.0 Å². The van der Waals surface area contributed by atoms with Crippen LogP contribution < -0.4 is 10.9 Å². The predicted molar refractivity (Wildman–Crippen MR) is 87.3 cm³/mol. The van der Waals surface area contributed by atoms with Gasteiger partial charge in [0.25, 0.3) is 5.56 Å². The Morgan fingerprint density at radius 3 is 3.13 bits per heavy atom. The monoisotopic (exact) mass is 315 g/mol. The highest BCUT2D eigenvalue weighted by molar-refractivity contribution is 5.80. The lowest BCUT2D eigenvalue weighted by atomic mass is 10.1. The Morgan fingerprint density at radius 2 is 2.35 bits per heavy atom. The third-order valence-corrected chi connectivity index (χ3v) is 4.25. The number of carbonyl (C=O) groups is 1. The van der Waals surface area contributed by atoms with Crippen LogP contribution in [0.25, 0.3) is 10.9 Å². The Morgan fingerprint density at radius 1 is 1.48 bits per heavy atom. The molecule has 1 aromatic heterocycles. The van der Waals surface area contributed by atoms with E-state index in [0.29, 0.717) is 31.0 Å². The van der Waals surface area contributed by atoms with Crippen molar-refractivity contribution in [3.63, 3.8) is 0 Å². The van der Waals surface area contributed by atoms with Gasteiger partial charge >= 0.3 is 0 Å². The second kappa shape index (κ2) is 6.91. The molecule has 6 heteroatoms. The SMILES string of the molecule is Cc1cccc2c(=O)n(CCC(=O)NC[C@@H]3CCOC3)cnc12. The summed E-state index contributed by atoms with van der Waals surface area (Å²) in [6.45, 7) is 4.40. The molecule has 0 bridgehead atoms. The number of rotatable bonds is 5. The predicted octanol–water partition coefficient (Wildman–Crippen LogP) is 1.25. The molecular weight excluding hydrogens is 294 g/mol. The second-order valence-electron chi connectivity index (χ2n) is 6.00. The van der Waals surface area contributed by atoms with E-state index in [4.69, 9.17) is 4.74 Å². The van der Waals surface area contributed by atoms with Gasteiger partial charge in [-0.1, -0.05) is 12.1 Å². The van der Waals surface area contributed by atoms with Crippen molar-refractivity contribution in [1.29, 1.82) is 0 Å². The van der Waals surface area contributed by atoms with Crippen LogP contribution in [0, 0.1) is 12.8 Å². The Bertz CT molecular complexity index is 763. The minimum absolute atomic E-state index is 0.0480. The first kappa shape index (κ1) is 15.7. The van der Waals surface area contributed by atoms with Crippen LogP contribution in [0.3, 0.4) is 0 Å². The molecule has 2 aromatic rings. The number of amides is 1. The molecule has 23 heavy (non-hydrogen) atoms. The van der Waals surface area contributed by atoms with Crippen LogP contribution in [0.15, 0.2) is 29.3 Å². The van der Waals surface area contributed by atoms with E-state index in [1.54, 1.807) is 6.07 Å². The number of aromatic nitrogens is 2. The zero-order chi connectivity index (χ0) is 16.2. The Labute approximate surface area is 134 Å². The molecule has 1 aliphatic rings. The first-order chi connectivity index (χ1) is 11.1. The van der Waals surface area contributed by atoms with Crippen LogP contribution in [-0.4, -0.2) is 35.2 Å². The number of hydrogen-bond donors (Lipinski definition) is 1. The minimum atomic E-state index is -0.101. The Balaban J connectivity index is 1.61. The van der Waals surface area contributed by atoms with E-state index in [0.717, 1.165) is 24.1 Å². The number of nitrogens with one attached hydrogen (secondary N) is 1. The normalized spacial score (nSPS) is 17.5. The fourth-order valence-electron chi connectivity index (χ4n) is 2.81. The minimum Gasteiger partial charge on any atom is -0.381 e. The topological polar surface area (TPSA) is 73.2 Å². The molecule has 1 fully saturated rings. The van der Waals surface area contributed by atoms with Gasteiger partial charge in [0.15, 0.2) is 0 Å². The van der Waals surface area contributed by atoms with Crippen LogP contribution in [0.1, 0.15) is 18.4 Å². The zero-order valence-electron chi connectivity index (χ0n) is 13.2. The van der Waals surface area contributed by atoms with Gasteiger partial charge in [-0.15, -0.1) is 0 Å². The largest absolute Gasteiger partial charge is 0.381 e. The molecule has 6 nitrogen and oxygen atoms in total. The highest BCUT2D eigenvalue weighted by atomic mass is 16.5. The quantitative estimate of drug-likeness (QED) is 0.901. The molecule has 2 heterocycles. The third kappa shape index (κ3) is 3.59. The Kier molecular flexibility index (Phi) is 4.71. The maximum absolute atomic E-state index is 12.4. The number of hydrogen-bond acceptors (Lipinski definition) is 4. The van der Waals surface area contributed by atoms with Gasteiger partial charge < -0.3 is 10.1 Å². The van der Waals surface area contributed by atoms with Crippen LogP contribution in [0.5, 0.6) is 0 Å². The standard InChI is InChI=1S/C17H21N3O3/c1-12-3-2-4-14-16(12)19-11-20(17(14)22)7-5-15(21)18-9-13-6-8-23-10-13/h2-4,11,13H,5-10H2,1H3,(H,18,21)/t13-/m0/s1. The molecule has 0 spiro atoms. The Hall–Kier alpha value is -2.21. The highest BCUT2D eigenvalue weighted by Gasteiger charge is 2.16. The molecule has 0 aliphatic carbocycles. The van der Waals surface area contributed by atoms with Crippen molar-refractivity contribution in [2.75, 3.05) is 19.8 Å². The van der Waals surface area contributed by atoms with Gasteiger partial charge in [-0.3, -0.25) is 14.2 Å². The number of aryl methyl sites for hydroxylation is 2. The molecule has 1 atom stereocenters. The fraction of sp³-hybridized carbons (Fsp3) is 0.471. The summed E-state index contributed by atoms with van der Waals surface area (Å²) in [6.07, 6.45) is 2.79. The maximum Gasteiger partial charge on any atom is 0.261 e. The smallest absolute Gasteiger partial charge is 0.261 e. The van der Waals surface area contributed by atoms with E-state index < -0.39 is 0 Å². The van der Waals surface area contributed by atoms with Crippen molar-refractivity contribution in [2.45, 2.75) is 26.3 Å². The first-order valence-electron chi connectivity index (χ1n) is 7.94. The first-order valence-corrected chi connectivity index (χ1v) is 7.94. The van der Waals surface area contributed by atoms with E-state index in [1.165, 1.54) is 10.9 Å². The van der Waals surface area contributed by atoms with Crippen LogP contribution in [0.2, 0.25) is 0 Å². The van der Waals surface area contributed by atoms with Crippen LogP contribution in [0.4, 0.5) is 0 Å². The molecule has 0 saturated carbocycles. The summed E-state index contributed by atoms with van der Waals surface area (Å²) in [5.74, 6) is 0.361. The molecule has 3 rings (SSSR count). The van der Waals surface area contributed by atoms with E-state index in [1.807, 2.05) is 19.1 Å². The van der Waals surface area contributed by atoms with E-state index in [-0.39, 0.29) is 17.9 Å². The summed E-state index contributed by atoms with van der Waals surface area (Å²) in [6, 6.07) is 5.55. The van der Waals surface area contributed by atoms with Crippen molar-refractivity contribution in [3.8, 4) is 0 Å². The molecule has 0 unspecified atom stereocenters. The lowest BCUT2D eigenvalue weighted by molar-refractivity contribution is -0.121. The average molecular weight is 315 g/mol. The fourth-order valence-corrected chi connectivity index (χ4v) is 2.81. The van der Waals surface area contributed by atoms with Crippen molar-refractivity contribution < 1.29 is 9.53 Å². The van der Waals surface area contributed by atoms with Crippen molar-refractivity contribution in [3.05, 3.63) is 40.4 Å². The van der Waals surface area contributed by atoms with Crippen molar-refractivity contribution in [1.82, 2.24) is 14.9 Å². The molecule has 1 saturated heterocycles. The van der Waals surface area contributed by atoms with Gasteiger partial charge in [0.05, 0.1) is 23.8 Å². The van der Waals surface area contributed by atoms with Gasteiger partial charge in [0.1, 0.15) is 0 Å². The van der Waals surface area contributed by atoms with E-state index >= 15 is 0 Å². The molecule has 1 amide bonds. The average Bonchev–Trinajstić information content (AvgIpc) is 3.06. The second-order valence-corrected chi connectivity index (χ2v) is 6.00.